The molecule has 1 rings (SSSR count). The minimum atomic E-state index is 0. The van der Waals surface area contributed by atoms with Gasteiger partial charge in [0.1, 0.15) is 0 Å². The van der Waals surface area contributed by atoms with Gasteiger partial charge in [0.15, 0.2) is 5.96 Å². The van der Waals surface area contributed by atoms with E-state index in [1.807, 2.05) is 0 Å². The lowest BCUT2D eigenvalue weighted by atomic mass is 9.93. The summed E-state index contributed by atoms with van der Waals surface area (Å²) in [7, 11) is 4.33. The normalized spacial score (nSPS) is 17.1. The summed E-state index contributed by atoms with van der Waals surface area (Å²) in [5.41, 5.74) is 0. The Balaban J connectivity index is 0.00000361. The van der Waals surface area contributed by atoms with Crippen LogP contribution in [0.15, 0.2) is 4.99 Å². The SMILES string of the molecule is CCNC(=NCC(C(CC)CC)N(C)C)NC1CC1.I. The summed E-state index contributed by atoms with van der Waals surface area (Å²) in [6.45, 7) is 8.48. The largest absolute Gasteiger partial charge is 0.357 e. The molecule has 1 aliphatic rings. The number of likely N-dealkylation sites (N-methyl/N-ethyl adjacent to an activating group) is 1. The van der Waals surface area contributed by atoms with Gasteiger partial charge in [-0.1, -0.05) is 26.7 Å². The maximum absolute atomic E-state index is 4.78. The van der Waals surface area contributed by atoms with Crippen LogP contribution in [0.5, 0.6) is 0 Å². The van der Waals surface area contributed by atoms with Gasteiger partial charge in [-0.05, 0) is 39.8 Å². The van der Waals surface area contributed by atoms with Gasteiger partial charge >= 0.3 is 0 Å². The molecular formula is C15H33IN4. The van der Waals surface area contributed by atoms with E-state index in [-0.39, 0.29) is 24.0 Å². The molecule has 2 N–H and O–H groups in total. The highest BCUT2D eigenvalue weighted by atomic mass is 127. The summed E-state index contributed by atoms with van der Waals surface area (Å²) in [6, 6.07) is 1.19. The summed E-state index contributed by atoms with van der Waals surface area (Å²) in [5, 5.41) is 6.83. The zero-order valence-electron chi connectivity index (χ0n) is 13.8. The Labute approximate surface area is 142 Å². The van der Waals surface area contributed by atoms with E-state index in [1.54, 1.807) is 0 Å². The standard InChI is InChI=1S/C15H32N4.HI/c1-6-12(7-2)14(19(4)5)11-17-15(16-8-3)18-13-9-10-13;/h12-14H,6-11H2,1-5H3,(H2,16,17,18);1H. The molecule has 0 aliphatic heterocycles. The van der Waals surface area contributed by atoms with Gasteiger partial charge < -0.3 is 15.5 Å². The number of hydrogen-bond donors (Lipinski definition) is 2. The maximum atomic E-state index is 4.78. The molecule has 1 atom stereocenters. The molecule has 0 aromatic rings. The van der Waals surface area contributed by atoms with Crippen LogP contribution in [0.1, 0.15) is 46.5 Å². The molecular weight excluding hydrogens is 363 g/mol. The summed E-state index contributed by atoms with van der Waals surface area (Å²) < 4.78 is 0. The maximum Gasteiger partial charge on any atom is 0.191 e. The minimum absolute atomic E-state index is 0. The van der Waals surface area contributed by atoms with Crippen molar-refractivity contribution in [3.05, 3.63) is 0 Å². The van der Waals surface area contributed by atoms with Gasteiger partial charge in [-0.2, -0.15) is 0 Å². The summed E-state index contributed by atoms with van der Waals surface area (Å²) in [5.74, 6) is 1.71. The van der Waals surface area contributed by atoms with E-state index < -0.39 is 0 Å². The molecule has 0 radical (unpaired) electrons. The van der Waals surface area contributed by atoms with Gasteiger partial charge in [0.2, 0.25) is 0 Å². The minimum Gasteiger partial charge on any atom is -0.357 e. The lowest BCUT2D eigenvalue weighted by molar-refractivity contribution is 0.206. The molecule has 0 saturated heterocycles. The molecule has 20 heavy (non-hydrogen) atoms. The highest BCUT2D eigenvalue weighted by Gasteiger charge is 2.23. The van der Waals surface area contributed by atoms with Crippen LogP contribution in [0, 0.1) is 5.92 Å². The van der Waals surface area contributed by atoms with Crippen LogP contribution in [0.4, 0.5) is 0 Å². The van der Waals surface area contributed by atoms with E-state index in [0.29, 0.717) is 12.1 Å². The first kappa shape index (κ1) is 20.0. The van der Waals surface area contributed by atoms with Crippen molar-refractivity contribution in [2.24, 2.45) is 10.9 Å². The zero-order valence-corrected chi connectivity index (χ0v) is 16.1. The van der Waals surface area contributed by atoms with Gasteiger partial charge in [0, 0.05) is 18.6 Å². The number of rotatable bonds is 8. The third kappa shape index (κ3) is 7.11. The van der Waals surface area contributed by atoms with Crippen LogP contribution in [0.3, 0.4) is 0 Å². The molecule has 0 aromatic heterocycles. The van der Waals surface area contributed by atoms with Crippen molar-refractivity contribution in [1.29, 1.82) is 0 Å². The number of nitrogens with one attached hydrogen (secondary N) is 2. The van der Waals surface area contributed by atoms with Crippen LogP contribution in [-0.4, -0.2) is 50.1 Å². The average Bonchev–Trinajstić information content (AvgIpc) is 3.18. The third-order valence-corrected chi connectivity index (χ3v) is 3.96. The van der Waals surface area contributed by atoms with Crippen molar-refractivity contribution in [1.82, 2.24) is 15.5 Å². The van der Waals surface area contributed by atoms with Gasteiger partial charge in [0.05, 0.1) is 6.54 Å². The molecule has 1 fully saturated rings. The van der Waals surface area contributed by atoms with Crippen LogP contribution in [0.2, 0.25) is 0 Å². The van der Waals surface area contributed by atoms with E-state index in [4.69, 9.17) is 4.99 Å². The Bertz CT molecular complexity index is 273. The summed E-state index contributed by atoms with van der Waals surface area (Å²) in [4.78, 5) is 7.11. The van der Waals surface area contributed by atoms with E-state index in [0.717, 1.165) is 25.0 Å². The molecule has 0 heterocycles. The number of halogens is 1. The molecule has 1 saturated carbocycles. The fraction of sp³-hybridized carbons (Fsp3) is 0.933. The van der Waals surface area contributed by atoms with E-state index in [9.17, 15) is 0 Å². The molecule has 1 aliphatic carbocycles. The van der Waals surface area contributed by atoms with Crippen LogP contribution >= 0.6 is 24.0 Å². The van der Waals surface area contributed by atoms with Gasteiger partial charge in [-0.25, -0.2) is 0 Å². The second-order valence-corrected chi connectivity index (χ2v) is 5.75. The Morgan fingerprint density at radius 1 is 1.20 bits per heavy atom. The number of hydrogen-bond acceptors (Lipinski definition) is 2. The van der Waals surface area contributed by atoms with Crippen molar-refractivity contribution >= 4 is 29.9 Å². The number of aliphatic imine (C=N–C) groups is 1. The fourth-order valence-electron chi connectivity index (χ4n) is 2.49. The van der Waals surface area contributed by atoms with E-state index in [1.165, 1.54) is 25.7 Å². The van der Waals surface area contributed by atoms with E-state index >= 15 is 0 Å². The Morgan fingerprint density at radius 3 is 2.20 bits per heavy atom. The third-order valence-electron chi connectivity index (χ3n) is 3.96. The molecule has 5 heteroatoms. The molecule has 4 nitrogen and oxygen atoms in total. The first-order valence-electron chi connectivity index (χ1n) is 7.83. The highest BCUT2D eigenvalue weighted by molar-refractivity contribution is 14.0. The summed E-state index contributed by atoms with van der Waals surface area (Å²) >= 11 is 0. The van der Waals surface area contributed by atoms with Gasteiger partial charge in [-0.3, -0.25) is 4.99 Å². The first-order chi connectivity index (χ1) is 9.12. The molecule has 0 amide bonds. The van der Waals surface area contributed by atoms with Crippen LogP contribution < -0.4 is 10.6 Å². The quantitative estimate of drug-likeness (QED) is 0.377. The second-order valence-electron chi connectivity index (χ2n) is 5.75. The van der Waals surface area contributed by atoms with Crippen molar-refractivity contribution in [3.8, 4) is 0 Å². The molecule has 0 bridgehead atoms. The Hall–Kier alpha value is -0.0400. The van der Waals surface area contributed by atoms with Crippen molar-refractivity contribution in [3.63, 3.8) is 0 Å². The van der Waals surface area contributed by atoms with Crippen LogP contribution in [-0.2, 0) is 0 Å². The van der Waals surface area contributed by atoms with Crippen molar-refractivity contribution < 1.29 is 0 Å². The average molecular weight is 396 g/mol. The molecule has 1 unspecified atom stereocenters. The molecule has 0 aromatic carbocycles. The highest BCUT2D eigenvalue weighted by Crippen LogP contribution is 2.19. The molecule has 120 valence electrons. The van der Waals surface area contributed by atoms with Crippen LogP contribution in [0.25, 0.3) is 0 Å². The predicted octanol–water partition coefficient (Wildman–Crippen LogP) is 2.69. The smallest absolute Gasteiger partial charge is 0.191 e. The Kier molecular flexibility index (Phi) is 10.6. The zero-order chi connectivity index (χ0) is 14.3. The lowest BCUT2D eigenvalue weighted by Gasteiger charge is -2.30. The van der Waals surface area contributed by atoms with Gasteiger partial charge in [0.25, 0.3) is 0 Å². The monoisotopic (exact) mass is 396 g/mol. The Morgan fingerprint density at radius 2 is 1.80 bits per heavy atom. The lowest BCUT2D eigenvalue weighted by Crippen LogP contribution is -2.42. The topological polar surface area (TPSA) is 39.7 Å². The summed E-state index contributed by atoms with van der Waals surface area (Å²) in [6.07, 6.45) is 5.02. The van der Waals surface area contributed by atoms with E-state index in [2.05, 4.69) is 50.4 Å². The van der Waals surface area contributed by atoms with Gasteiger partial charge in [-0.15, -0.1) is 24.0 Å². The number of nitrogens with zero attached hydrogens (tertiary/aromatic N) is 2. The van der Waals surface area contributed by atoms with Crippen molar-refractivity contribution in [2.75, 3.05) is 27.2 Å². The predicted molar refractivity (Wildman–Crippen MR) is 99.1 cm³/mol. The number of guanidine groups is 1. The fourth-order valence-corrected chi connectivity index (χ4v) is 2.49. The first-order valence-corrected chi connectivity index (χ1v) is 7.83. The second kappa shape index (κ2) is 10.7. The molecule has 0 spiro atoms. The van der Waals surface area contributed by atoms with Crippen molar-refractivity contribution in [2.45, 2.75) is 58.5 Å².